The van der Waals surface area contributed by atoms with Crippen molar-refractivity contribution in [2.45, 2.75) is 6.92 Å². The van der Waals surface area contributed by atoms with Gasteiger partial charge in [0, 0.05) is 11.8 Å². The highest BCUT2D eigenvalue weighted by molar-refractivity contribution is 6.29. The SMILES string of the molecule is Cc1ccc(-n2nc(Cl)ccc2=O)cn1. The minimum absolute atomic E-state index is 0.231. The van der Waals surface area contributed by atoms with Gasteiger partial charge in [-0.25, -0.2) is 0 Å². The lowest BCUT2D eigenvalue weighted by atomic mass is 10.3. The van der Waals surface area contributed by atoms with Crippen molar-refractivity contribution in [3.63, 3.8) is 0 Å². The fourth-order valence-electron chi connectivity index (χ4n) is 1.16. The van der Waals surface area contributed by atoms with Crippen LogP contribution in [0.3, 0.4) is 0 Å². The number of rotatable bonds is 1. The molecule has 0 aromatic carbocycles. The number of halogens is 1. The van der Waals surface area contributed by atoms with Crippen LogP contribution in [0.5, 0.6) is 0 Å². The largest absolute Gasteiger partial charge is 0.271 e. The molecule has 0 fully saturated rings. The van der Waals surface area contributed by atoms with E-state index in [1.807, 2.05) is 13.0 Å². The number of aromatic nitrogens is 3. The van der Waals surface area contributed by atoms with E-state index in [1.54, 1.807) is 12.3 Å². The van der Waals surface area contributed by atoms with Crippen molar-refractivity contribution >= 4 is 11.6 Å². The first-order valence-electron chi connectivity index (χ1n) is 4.36. The third-order valence-corrected chi connectivity index (χ3v) is 2.11. The van der Waals surface area contributed by atoms with Gasteiger partial charge < -0.3 is 0 Å². The smallest absolute Gasteiger partial charge is 0.267 e. The quantitative estimate of drug-likeness (QED) is 0.735. The van der Waals surface area contributed by atoms with Gasteiger partial charge in [0.25, 0.3) is 5.56 Å². The molecule has 0 aliphatic carbocycles. The van der Waals surface area contributed by atoms with Crippen LogP contribution >= 0.6 is 11.6 Å². The molecule has 2 rings (SSSR count). The predicted octanol–water partition coefficient (Wildman–Crippen LogP) is 1.59. The Morgan fingerprint density at radius 1 is 1.27 bits per heavy atom. The Morgan fingerprint density at radius 3 is 2.73 bits per heavy atom. The van der Waals surface area contributed by atoms with Crippen LogP contribution in [0, 0.1) is 6.92 Å². The van der Waals surface area contributed by atoms with Crippen LogP contribution in [0.15, 0.2) is 35.3 Å². The summed E-state index contributed by atoms with van der Waals surface area (Å²) in [5, 5.41) is 4.18. The van der Waals surface area contributed by atoms with E-state index in [1.165, 1.54) is 16.8 Å². The van der Waals surface area contributed by atoms with Gasteiger partial charge in [0.2, 0.25) is 0 Å². The highest BCUT2D eigenvalue weighted by Gasteiger charge is 2.01. The highest BCUT2D eigenvalue weighted by Crippen LogP contribution is 2.05. The van der Waals surface area contributed by atoms with Crippen molar-refractivity contribution in [2.24, 2.45) is 0 Å². The van der Waals surface area contributed by atoms with E-state index >= 15 is 0 Å². The molecule has 0 radical (unpaired) electrons. The van der Waals surface area contributed by atoms with Gasteiger partial charge in [0.1, 0.15) is 5.15 Å². The second-order valence-electron chi connectivity index (χ2n) is 3.06. The summed E-state index contributed by atoms with van der Waals surface area (Å²) in [6, 6.07) is 6.41. The summed E-state index contributed by atoms with van der Waals surface area (Å²) in [6.45, 7) is 1.87. The average molecular weight is 222 g/mol. The van der Waals surface area contributed by atoms with E-state index in [0.29, 0.717) is 5.69 Å². The first-order valence-corrected chi connectivity index (χ1v) is 4.73. The molecule has 0 atom stereocenters. The fraction of sp³-hybridized carbons (Fsp3) is 0.100. The Hall–Kier alpha value is -1.68. The van der Waals surface area contributed by atoms with Crippen LogP contribution in [-0.2, 0) is 0 Å². The standard InChI is InChI=1S/C10H8ClN3O/c1-7-2-3-8(6-12-7)14-10(15)5-4-9(11)13-14/h2-6H,1H3. The van der Waals surface area contributed by atoms with Crippen LogP contribution in [0.25, 0.3) is 5.69 Å². The van der Waals surface area contributed by atoms with E-state index in [9.17, 15) is 4.79 Å². The maximum Gasteiger partial charge on any atom is 0.271 e. The van der Waals surface area contributed by atoms with Crippen molar-refractivity contribution in [3.05, 3.63) is 51.7 Å². The summed E-state index contributed by atoms with van der Waals surface area (Å²) in [7, 11) is 0. The summed E-state index contributed by atoms with van der Waals surface area (Å²) < 4.78 is 1.22. The third-order valence-electron chi connectivity index (χ3n) is 1.91. The molecular weight excluding hydrogens is 214 g/mol. The summed E-state index contributed by atoms with van der Waals surface area (Å²) in [5.41, 5.74) is 1.26. The molecule has 5 heteroatoms. The monoisotopic (exact) mass is 221 g/mol. The van der Waals surface area contributed by atoms with Gasteiger partial charge in [0.05, 0.1) is 11.9 Å². The van der Waals surface area contributed by atoms with Crippen LogP contribution < -0.4 is 5.56 Å². The average Bonchev–Trinajstić information content (AvgIpc) is 2.23. The summed E-state index contributed by atoms with van der Waals surface area (Å²) in [6.07, 6.45) is 1.58. The molecule has 4 nitrogen and oxygen atoms in total. The minimum atomic E-state index is -0.231. The molecule has 0 bridgehead atoms. The first kappa shape index (κ1) is 9.86. The zero-order chi connectivity index (χ0) is 10.8. The van der Waals surface area contributed by atoms with Gasteiger partial charge >= 0.3 is 0 Å². The van der Waals surface area contributed by atoms with Crippen molar-refractivity contribution in [2.75, 3.05) is 0 Å². The van der Waals surface area contributed by atoms with E-state index in [4.69, 9.17) is 11.6 Å². The molecule has 0 aliphatic heterocycles. The van der Waals surface area contributed by atoms with E-state index in [0.717, 1.165) is 5.69 Å². The molecule has 2 heterocycles. The van der Waals surface area contributed by atoms with Gasteiger partial charge in [-0.3, -0.25) is 9.78 Å². The Labute approximate surface area is 91.2 Å². The molecule has 0 saturated carbocycles. The minimum Gasteiger partial charge on any atom is -0.267 e. The Morgan fingerprint density at radius 2 is 2.07 bits per heavy atom. The molecule has 15 heavy (non-hydrogen) atoms. The van der Waals surface area contributed by atoms with Crippen molar-refractivity contribution in [1.29, 1.82) is 0 Å². The molecule has 0 aliphatic rings. The van der Waals surface area contributed by atoms with E-state index in [-0.39, 0.29) is 10.7 Å². The van der Waals surface area contributed by atoms with E-state index in [2.05, 4.69) is 10.1 Å². The molecule has 2 aromatic heterocycles. The van der Waals surface area contributed by atoms with Crippen LogP contribution in [0.2, 0.25) is 5.15 Å². The lowest BCUT2D eigenvalue weighted by Gasteiger charge is -2.03. The Bertz CT molecular complexity index is 533. The summed E-state index contributed by atoms with van der Waals surface area (Å²) in [4.78, 5) is 15.6. The summed E-state index contributed by atoms with van der Waals surface area (Å²) in [5.74, 6) is 0. The van der Waals surface area contributed by atoms with Gasteiger partial charge in [-0.2, -0.15) is 9.78 Å². The molecule has 76 valence electrons. The molecular formula is C10H8ClN3O. The van der Waals surface area contributed by atoms with Crippen molar-refractivity contribution < 1.29 is 0 Å². The number of nitrogens with zero attached hydrogens (tertiary/aromatic N) is 3. The number of hydrogen-bond acceptors (Lipinski definition) is 3. The first-order chi connectivity index (χ1) is 7.16. The van der Waals surface area contributed by atoms with Gasteiger partial charge in [-0.15, -0.1) is 0 Å². The zero-order valence-electron chi connectivity index (χ0n) is 8.01. The normalized spacial score (nSPS) is 10.3. The van der Waals surface area contributed by atoms with Crippen molar-refractivity contribution in [3.8, 4) is 5.69 Å². The van der Waals surface area contributed by atoms with Gasteiger partial charge in [0.15, 0.2) is 0 Å². The second-order valence-corrected chi connectivity index (χ2v) is 3.45. The highest BCUT2D eigenvalue weighted by atomic mass is 35.5. The molecule has 0 N–H and O–H groups in total. The molecule has 0 amide bonds. The number of pyridine rings is 1. The zero-order valence-corrected chi connectivity index (χ0v) is 8.77. The van der Waals surface area contributed by atoms with Crippen LogP contribution in [0.1, 0.15) is 5.69 Å². The number of aryl methyl sites for hydroxylation is 1. The molecule has 0 spiro atoms. The lowest BCUT2D eigenvalue weighted by Crippen LogP contribution is -2.19. The fourth-order valence-corrected chi connectivity index (χ4v) is 1.30. The van der Waals surface area contributed by atoms with Crippen LogP contribution in [0.4, 0.5) is 0 Å². The topological polar surface area (TPSA) is 47.8 Å². The molecule has 0 unspecified atom stereocenters. The van der Waals surface area contributed by atoms with Crippen LogP contribution in [-0.4, -0.2) is 14.8 Å². The molecule has 2 aromatic rings. The number of hydrogen-bond donors (Lipinski definition) is 0. The Kier molecular flexibility index (Phi) is 2.51. The maximum atomic E-state index is 11.5. The van der Waals surface area contributed by atoms with E-state index < -0.39 is 0 Å². The maximum absolute atomic E-state index is 11.5. The van der Waals surface area contributed by atoms with Crippen molar-refractivity contribution in [1.82, 2.24) is 14.8 Å². The second kappa shape index (κ2) is 3.82. The molecule has 0 saturated heterocycles. The predicted molar refractivity (Wildman–Crippen MR) is 57.4 cm³/mol. The lowest BCUT2D eigenvalue weighted by molar-refractivity contribution is 0.802. The Balaban J connectivity index is 2.58. The van der Waals surface area contributed by atoms with Gasteiger partial charge in [-0.1, -0.05) is 11.6 Å². The third kappa shape index (κ3) is 2.05. The van der Waals surface area contributed by atoms with Gasteiger partial charge in [-0.05, 0) is 25.1 Å². The summed E-state index contributed by atoms with van der Waals surface area (Å²) >= 11 is 5.71.